The van der Waals surface area contributed by atoms with Gasteiger partial charge in [0.05, 0.1) is 5.56 Å². The van der Waals surface area contributed by atoms with E-state index in [-0.39, 0.29) is 5.56 Å². The first kappa shape index (κ1) is 18.3. The molecule has 0 aliphatic heterocycles. The molecular formula is C20H13F4N. The molecule has 2 rings (SSSR count). The number of halogens is 4. The van der Waals surface area contributed by atoms with Crippen LogP contribution >= 0.6 is 0 Å². The zero-order chi connectivity index (χ0) is 18.4. The lowest BCUT2D eigenvalue weighted by Crippen LogP contribution is -1.96. The van der Waals surface area contributed by atoms with Crippen LogP contribution < -0.4 is 0 Å². The van der Waals surface area contributed by atoms with E-state index in [1.165, 1.54) is 18.2 Å². The molecule has 0 radical (unpaired) electrons. The first-order chi connectivity index (χ1) is 12.0. The molecule has 0 fully saturated rings. The Morgan fingerprint density at radius 3 is 1.96 bits per heavy atom. The number of hydrogen-bond acceptors (Lipinski definition) is 1. The average Bonchev–Trinajstić information content (AvgIpc) is 2.54. The van der Waals surface area contributed by atoms with Crippen molar-refractivity contribution in [3.63, 3.8) is 0 Å². The molecule has 0 aromatic heterocycles. The van der Waals surface area contributed by atoms with Crippen LogP contribution in [0.3, 0.4) is 0 Å². The topological polar surface area (TPSA) is 23.8 Å². The van der Waals surface area contributed by atoms with Gasteiger partial charge in [-0.3, -0.25) is 0 Å². The van der Waals surface area contributed by atoms with E-state index in [9.17, 15) is 17.6 Å². The second kappa shape index (κ2) is 8.17. The summed E-state index contributed by atoms with van der Waals surface area (Å²) < 4.78 is 55.1. The maximum atomic E-state index is 14.0. The Hall–Kier alpha value is -3.05. The van der Waals surface area contributed by atoms with Crippen LogP contribution in [0.2, 0.25) is 0 Å². The van der Waals surface area contributed by atoms with Gasteiger partial charge in [-0.15, -0.1) is 6.58 Å². The van der Waals surface area contributed by atoms with Gasteiger partial charge in [-0.25, -0.2) is 17.6 Å². The summed E-state index contributed by atoms with van der Waals surface area (Å²) in [4.78, 5) is 0. The standard InChI is InChI=1S/C20H13F4N/c1-2-3-4-5-13-8-17(21)15(18(22)9-13)7-6-14-10-19(23)16(12-25)20(24)11-14/h2,8-11H,1,3-5H2. The number of nitriles is 1. The Balaban J connectivity index is 2.32. The molecule has 0 heterocycles. The summed E-state index contributed by atoms with van der Waals surface area (Å²) in [6.45, 7) is 3.58. The Bertz CT molecular complexity index is 868. The molecule has 1 nitrogen and oxygen atoms in total. The summed E-state index contributed by atoms with van der Waals surface area (Å²) >= 11 is 0. The molecule has 0 saturated carbocycles. The van der Waals surface area contributed by atoms with Gasteiger partial charge in [0.1, 0.15) is 34.9 Å². The Morgan fingerprint density at radius 2 is 1.44 bits per heavy atom. The highest BCUT2D eigenvalue weighted by molar-refractivity contribution is 5.47. The molecule has 0 atom stereocenters. The van der Waals surface area contributed by atoms with Gasteiger partial charge in [-0.05, 0) is 49.1 Å². The smallest absolute Gasteiger partial charge is 0.145 e. The number of nitrogens with zero attached hydrogens (tertiary/aromatic N) is 1. The van der Waals surface area contributed by atoms with E-state index in [0.29, 0.717) is 12.0 Å². The zero-order valence-corrected chi connectivity index (χ0v) is 13.2. The highest BCUT2D eigenvalue weighted by atomic mass is 19.1. The lowest BCUT2D eigenvalue weighted by Gasteiger charge is -2.03. The van der Waals surface area contributed by atoms with Crippen LogP contribution in [0.15, 0.2) is 36.9 Å². The third kappa shape index (κ3) is 4.49. The average molecular weight is 343 g/mol. The van der Waals surface area contributed by atoms with Crippen LogP contribution in [0.4, 0.5) is 17.6 Å². The lowest BCUT2D eigenvalue weighted by atomic mass is 10.0. The zero-order valence-electron chi connectivity index (χ0n) is 13.2. The third-order valence-electron chi connectivity index (χ3n) is 3.46. The predicted octanol–water partition coefficient (Wildman–Crippen LogP) is 5.02. The molecule has 5 heteroatoms. The summed E-state index contributed by atoms with van der Waals surface area (Å²) in [5.41, 5.74) is -0.829. The third-order valence-corrected chi connectivity index (χ3v) is 3.46. The SMILES string of the molecule is C=CCCCc1cc(F)c(C#Cc2cc(F)c(C#N)c(F)c2)c(F)c1. The van der Waals surface area contributed by atoms with Crippen LogP contribution in [-0.4, -0.2) is 0 Å². The summed E-state index contributed by atoms with van der Waals surface area (Å²) in [6, 6.07) is 5.45. The summed E-state index contributed by atoms with van der Waals surface area (Å²) in [5, 5.41) is 8.60. The summed E-state index contributed by atoms with van der Waals surface area (Å²) in [5.74, 6) is 0.735. The van der Waals surface area contributed by atoms with E-state index in [0.717, 1.165) is 25.0 Å². The molecule has 0 N–H and O–H groups in total. The molecule has 0 aliphatic carbocycles. The molecule has 126 valence electrons. The van der Waals surface area contributed by atoms with E-state index in [4.69, 9.17) is 5.26 Å². The van der Waals surface area contributed by atoms with Crippen molar-refractivity contribution in [1.29, 1.82) is 5.26 Å². The lowest BCUT2D eigenvalue weighted by molar-refractivity contribution is 0.573. The monoisotopic (exact) mass is 343 g/mol. The van der Waals surface area contributed by atoms with Crippen molar-refractivity contribution in [1.82, 2.24) is 0 Å². The molecular weight excluding hydrogens is 330 g/mol. The van der Waals surface area contributed by atoms with Crippen molar-refractivity contribution in [3.05, 3.63) is 82.4 Å². The van der Waals surface area contributed by atoms with Gasteiger partial charge < -0.3 is 0 Å². The highest BCUT2D eigenvalue weighted by Crippen LogP contribution is 2.18. The maximum Gasteiger partial charge on any atom is 0.145 e. The second-order valence-electron chi connectivity index (χ2n) is 5.29. The maximum absolute atomic E-state index is 14.0. The van der Waals surface area contributed by atoms with E-state index in [1.54, 1.807) is 6.08 Å². The number of unbranched alkanes of at least 4 members (excludes halogenated alkanes) is 1. The molecule has 0 spiro atoms. The van der Waals surface area contributed by atoms with Crippen LogP contribution in [-0.2, 0) is 6.42 Å². The van der Waals surface area contributed by atoms with Crippen LogP contribution in [0, 0.1) is 46.4 Å². The van der Waals surface area contributed by atoms with E-state index in [2.05, 4.69) is 18.4 Å². The fraction of sp³-hybridized carbons (Fsp3) is 0.150. The quantitative estimate of drug-likeness (QED) is 0.331. The van der Waals surface area contributed by atoms with Gasteiger partial charge in [-0.1, -0.05) is 17.9 Å². The van der Waals surface area contributed by atoms with E-state index in [1.807, 2.05) is 0 Å². The van der Waals surface area contributed by atoms with Crippen LogP contribution in [0.1, 0.15) is 35.1 Å². The van der Waals surface area contributed by atoms with Gasteiger partial charge in [-0.2, -0.15) is 5.26 Å². The first-order valence-corrected chi connectivity index (χ1v) is 7.46. The van der Waals surface area contributed by atoms with E-state index >= 15 is 0 Å². The minimum atomic E-state index is -1.08. The molecule has 25 heavy (non-hydrogen) atoms. The number of benzene rings is 2. The van der Waals surface area contributed by atoms with Gasteiger partial charge >= 0.3 is 0 Å². The Labute approximate surface area is 143 Å². The van der Waals surface area contributed by atoms with Crippen molar-refractivity contribution in [3.8, 4) is 17.9 Å². The molecule has 0 aliphatic rings. The normalized spacial score (nSPS) is 9.88. The van der Waals surface area contributed by atoms with Crippen molar-refractivity contribution in [2.24, 2.45) is 0 Å². The van der Waals surface area contributed by atoms with E-state index < -0.39 is 34.4 Å². The van der Waals surface area contributed by atoms with Crippen molar-refractivity contribution in [2.75, 3.05) is 0 Å². The predicted molar refractivity (Wildman–Crippen MR) is 86.5 cm³/mol. The van der Waals surface area contributed by atoms with Gasteiger partial charge in [0.15, 0.2) is 0 Å². The Morgan fingerprint density at radius 1 is 0.880 bits per heavy atom. The number of hydrogen-bond donors (Lipinski definition) is 0. The molecule has 0 saturated heterocycles. The molecule has 0 unspecified atom stereocenters. The molecule has 0 bridgehead atoms. The molecule has 2 aromatic carbocycles. The van der Waals surface area contributed by atoms with Crippen molar-refractivity contribution >= 4 is 0 Å². The van der Waals surface area contributed by atoms with Gasteiger partial charge in [0.25, 0.3) is 0 Å². The van der Waals surface area contributed by atoms with Crippen molar-refractivity contribution < 1.29 is 17.6 Å². The summed E-state index contributed by atoms with van der Waals surface area (Å²) in [7, 11) is 0. The number of allylic oxidation sites excluding steroid dienone is 1. The summed E-state index contributed by atoms with van der Waals surface area (Å²) in [6.07, 6.45) is 3.68. The van der Waals surface area contributed by atoms with Gasteiger partial charge in [0.2, 0.25) is 0 Å². The minimum Gasteiger partial charge on any atom is -0.206 e. The highest BCUT2D eigenvalue weighted by Gasteiger charge is 2.11. The minimum absolute atomic E-state index is 0.122. The molecule has 2 aromatic rings. The number of rotatable bonds is 4. The fourth-order valence-electron chi connectivity index (χ4n) is 2.23. The van der Waals surface area contributed by atoms with Crippen LogP contribution in [0.5, 0.6) is 0 Å². The first-order valence-electron chi connectivity index (χ1n) is 7.46. The second-order valence-corrected chi connectivity index (χ2v) is 5.29. The van der Waals surface area contributed by atoms with Crippen molar-refractivity contribution in [2.45, 2.75) is 19.3 Å². The Kier molecular flexibility index (Phi) is 5.98. The largest absolute Gasteiger partial charge is 0.206 e. The number of aryl methyl sites for hydroxylation is 1. The molecule has 0 amide bonds. The fourth-order valence-corrected chi connectivity index (χ4v) is 2.23. The van der Waals surface area contributed by atoms with Gasteiger partial charge in [0, 0.05) is 5.56 Å². The van der Waals surface area contributed by atoms with Crippen LogP contribution in [0.25, 0.3) is 0 Å².